The van der Waals surface area contributed by atoms with Gasteiger partial charge in [0.15, 0.2) is 11.6 Å². The lowest BCUT2D eigenvalue weighted by atomic mass is 10.4. The van der Waals surface area contributed by atoms with Crippen LogP contribution < -0.4 is 10.5 Å². The third-order valence-corrected chi connectivity index (χ3v) is 3.27. The lowest BCUT2D eigenvalue weighted by Crippen LogP contribution is -1.98. The second kappa shape index (κ2) is 5.25. The molecule has 0 fully saturated rings. The fourth-order valence-electron chi connectivity index (χ4n) is 1.25. The van der Waals surface area contributed by atoms with Gasteiger partial charge in [-0.1, -0.05) is 23.4 Å². The van der Waals surface area contributed by atoms with Gasteiger partial charge in [-0.05, 0) is 24.3 Å². The first-order valence-corrected chi connectivity index (χ1v) is 5.98. The molecule has 0 aliphatic carbocycles. The van der Waals surface area contributed by atoms with Crippen molar-refractivity contribution in [2.75, 3.05) is 12.8 Å². The molecule has 0 saturated heterocycles. The summed E-state index contributed by atoms with van der Waals surface area (Å²) in [4.78, 5) is 9.02. The molecular weight excluding hydrogens is 258 g/mol. The normalized spacial score (nSPS) is 10.2. The molecule has 0 atom stereocenters. The van der Waals surface area contributed by atoms with E-state index in [4.69, 9.17) is 22.1 Å². The highest BCUT2D eigenvalue weighted by atomic mass is 35.5. The molecule has 88 valence electrons. The molecule has 1 aromatic heterocycles. The van der Waals surface area contributed by atoms with Crippen LogP contribution in [-0.2, 0) is 0 Å². The standard InChI is InChI=1S/C11H10ClN3OS/c1-16-9-10(13)14-6-15-11(9)17-8-4-2-7(12)3-5-8/h2-6H,1H3,(H2,13,14,15). The van der Waals surface area contributed by atoms with Crippen LogP contribution in [0.25, 0.3) is 0 Å². The van der Waals surface area contributed by atoms with Gasteiger partial charge in [0.2, 0.25) is 0 Å². The minimum absolute atomic E-state index is 0.332. The highest BCUT2D eigenvalue weighted by Gasteiger charge is 2.10. The number of benzene rings is 1. The minimum atomic E-state index is 0.332. The number of nitrogens with zero attached hydrogens (tertiary/aromatic N) is 2. The molecule has 0 unspecified atom stereocenters. The largest absolute Gasteiger partial charge is 0.490 e. The first kappa shape index (κ1) is 12.0. The Morgan fingerprint density at radius 3 is 2.59 bits per heavy atom. The maximum absolute atomic E-state index is 5.82. The van der Waals surface area contributed by atoms with E-state index < -0.39 is 0 Å². The summed E-state index contributed by atoms with van der Waals surface area (Å²) >= 11 is 7.27. The molecule has 17 heavy (non-hydrogen) atoms. The van der Waals surface area contributed by atoms with E-state index in [2.05, 4.69) is 9.97 Å². The molecule has 0 aliphatic rings. The van der Waals surface area contributed by atoms with Gasteiger partial charge < -0.3 is 10.5 Å². The van der Waals surface area contributed by atoms with Crippen LogP contribution in [-0.4, -0.2) is 17.1 Å². The van der Waals surface area contributed by atoms with E-state index in [1.807, 2.05) is 24.3 Å². The SMILES string of the molecule is COc1c(N)ncnc1Sc1ccc(Cl)cc1. The minimum Gasteiger partial charge on any atom is -0.490 e. The number of nitrogens with two attached hydrogens (primary N) is 1. The topological polar surface area (TPSA) is 61.0 Å². The van der Waals surface area contributed by atoms with Gasteiger partial charge in [-0.25, -0.2) is 9.97 Å². The Morgan fingerprint density at radius 2 is 1.94 bits per heavy atom. The summed E-state index contributed by atoms with van der Waals surface area (Å²) in [7, 11) is 1.54. The van der Waals surface area contributed by atoms with E-state index in [0.717, 1.165) is 4.90 Å². The van der Waals surface area contributed by atoms with Crippen molar-refractivity contribution in [3.05, 3.63) is 35.6 Å². The van der Waals surface area contributed by atoms with Crippen LogP contribution in [0.2, 0.25) is 5.02 Å². The lowest BCUT2D eigenvalue weighted by molar-refractivity contribution is 0.401. The highest BCUT2D eigenvalue weighted by Crippen LogP contribution is 2.35. The molecule has 0 amide bonds. The summed E-state index contributed by atoms with van der Waals surface area (Å²) in [5.74, 6) is 0.825. The monoisotopic (exact) mass is 267 g/mol. The van der Waals surface area contributed by atoms with Gasteiger partial charge in [0.05, 0.1) is 7.11 Å². The number of hydrogen-bond donors (Lipinski definition) is 1. The van der Waals surface area contributed by atoms with Crippen molar-refractivity contribution in [3.8, 4) is 5.75 Å². The van der Waals surface area contributed by atoms with Gasteiger partial charge in [0.1, 0.15) is 11.4 Å². The van der Waals surface area contributed by atoms with E-state index in [0.29, 0.717) is 21.6 Å². The van der Waals surface area contributed by atoms with Crippen molar-refractivity contribution in [1.29, 1.82) is 0 Å². The Balaban J connectivity index is 2.29. The quantitative estimate of drug-likeness (QED) is 0.867. The molecular formula is C11H10ClN3OS. The zero-order valence-corrected chi connectivity index (χ0v) is 10.6. The highest BCUT2D eigenvalue weighted by molar-refractivity contribution is 7.99. The third-order valence-electron chi connectivity index (χ3n) is 2.03. The van der Waals surface area contributed by atoms with Crippen molar-refractivity contribution in [3.63, 3.8) is 0 Å². The van der Waals surface area contributed by atoms with Gasteiger partial charge in [0, 0.05) is 9.92 Å². The molecule has 0 aliphatic heterocycles. The van der Waals surface area contributed by atoms with Crippen LogP contribution >= 0.6 is 23.4 Å². The van der Waals surface area contributed by atoms with Crippen molar-refractivity contribution in [1.82, 2.24) is 9.97 Å². The number of halogens is 1. The van der Waals surface area contributed by atoms with Gasteiger partial charge in [-0.2, -0.15) is 0 Å². The molecule has 2 aromatic rings. The Hall–Kier alpha value is -1.46. The van der Waals surface area contributed by atoms with Gasteiger partial charge >= 0.3 is 0 Å². The van der Waals surface area contributed by atoms with Gasteiger partial charge in [-0.3, -0.25) is 0 Å². The van der Waals surface area contributed by atoms with Crippen LogP contribution in [0.15, 0.2) is 40.5 Å². The lowest BCUT2D eigenvalue weighted by Gasteiger charge is -2.08. The predicted molar refractivity (Wildman–Crippen MR) is 68.6 cm³/mol. The van der Waals surface area contributed by atoms with Gasteiger partial charge in [-0.15, -0.1) is 0 Å². The number of rotatable bonds is 3. The average Bonchev–Trinajstić information content (AvgIpc) is 2.32. The summed E-state index contributed by atoms with van der Waals surface area (Å²) in [6, 6.07) is 7.46. The second-order valence-corrected chi connectivity index (χ2v) is 4.65. The fraction of sp³-hybridized carbons (Fsp3) is 0.0909. The van der Waals surface area contributed by atoms with Crippen LogP contribution in [0.1, 0.15) is 0 Å². The molecule has 1 aromatic carbocycles. The third kappa shape index (κ3) is 2.81. The Labute approximate surface area is 108 Å². The average molecular weight is 268 g/mol. The second-order valence-electron chi connectivity index (χ2n) is 3.15. The van der Waals surface area contributed by atoms with Gasteiger partial charge in [0.25, 0.3) is 0 Å². The van der Waals surface area contributed by atoms with Crippen molar-refractivity contribution < 1.29 is 4.74 Å². The number of ether oxygens (including phenoxy) is 1. The molecule has 2 rings (SSSR count). The summed E-state index contributed by atoms with van der Waals surface area (Å²) in [6.45, 7) is 0. The number of nitrogen functional groups attached to an aromatic ring is 1. The zero-order valence-electron chi connectivity index (χ0n) is 9.05. The molecule has 1 heterocycles. The van der Waals surface area contributed by atoms with Crippen LogP contribution in [0.4, 0.5) is 5.82 Å². The van der Waals surface area contributed by atoms with E-state index in [1.54, 1.807) is 7.11 Å². The summed E-state index contributed by atoms with van der Waals surface area (Å²) in [5.41, 5.74) is 5.70. The summed E-state index contributed by atoms with van der Waals surface area (Å²) in [5, 5.41) is 1.38. The summed E-state index contributed by atoms with van der Waals surface area (Å²) in [6.07, 6.45) is 1.41. The molecule has 0 bridgehead atoms. The maximum Gasteiger partial charge on any atom is 0.193 e. The first-order chi connectivity index (χ1) is 8.20. The molecule has 6 heteroatoms. The Bertz CT molecular complexity index is 519. The fourth-order valence-corrected chi connectivity index (χ4v) is 2.25. The summed E-state index contributed by atoms with van der Waals surface area (Å²) < 4.78 is 5.18. The van der Waals surface area contributed by atoms with Crippen molar-refractivity contribution in [2.45, 2.75) is 9.92 Å². The molecule has 0 spiro atoms. The zero-order chi connectivity index (χ0) is 12.3. The van der Waals surface area contributed by atoms with Crippen LogP contribution in [0, 0.1) is 0 Å². The molecule has 0 radical (unpaired) electrons. The van der Waals surface area contributed by atoms with Crippen molar-refractivity contribution in [2.24, 2.45) is 0 Å². The number of aromatic nitrogens is 2. The Kier molecular flexibility index (Phi) is 3.71. The number of methoxy groups -OCH3 is 1. The van der Waals surface area contributed by atoms with Crippen molar-refractivity contribution >= 4 is 29.2 Å². The first-order valence-electron chi connectivity index (χ1n) is 4.78. The smallest absolute Gasteiger partial charge is 0.193 e. The number of hydrogen-bond acceptors (Lipinski definition) is 5. The molecule has 4 nitrogen and oxygen atoms in total. The molecule has 2 N–H and O–H groups in total. The van der Waals surface area contributed by atoms with Crippen LogP contribution in [0.3, 0.4) is 0 Å². The maximum atomic E-state index is 5.82. The Morgan fingerprint density at radius 1 is 1.24 bits per heavy atom. The number of anilines is 1. The predicted octanol–water partition coefficient (Wildman–Crippen LogP) is 2.87. The van der Waals surface area contributed by atoms with E-state index in [9.17, 15) is 0 Å². The van der Waals surface area contributed by atoms with E-state index in [1.165, 1.54) is 18.1 Å². The molecule has 0 saturated carbocycles. The van der Waals surface area contributed by atoms with E-state index >= 15 is 0 Å². The van der Waals surface area contributed by atoms with Crippen LogP contribution in [0.5, 0.6) is 5.75 Å². The van der Waals surface area contributed by atoms with E-state index in [-0.39, 0.29) is 0 Å².